The Morgan fingerprint density at radius 1 is 1.45 bits per heavy atom. The molecule has 4 nitrogen and oxygen atoms in total. The lowest BCUT2D eigenvalue weighted by molar-refractivity contribution is 0.0926. The molecule has 0 spiro atoms. The lowest BCUT2D eigenvalue weighted by Gasteiger charge is -2.21. The van der Waals surface area contributed by atoms with E-state index >= 15 is 0 Å². The zero-order valence-electron chi connectivity index (χ0n) is 12.4. The van der Waals surface area contributed by atoms with E-state index in [9.17, 15) is 4.79 Å². The zero-order valence-corrected chi connectivity index (χ0v) is 13.2. The first-order valence-electron chi connectivity index (χ1n) is 6.89. The third-order valence-electron chi connectivity index (χ3n) is 3.32. The highest BCUT2D eigenvalue weighted by Crippen LogP contribution is 2.22. The van der Waals surface area contributed by atoms with Crippen molar-refractivity contribution in [2.75, 3.05) is 0 Å². The van der Waals surface area contributed by atoms with Crippen molar-refractivity contribution in [2.24, 2.45) is 13.0 Å². The van der Waals surface area contributed by atoms with E-state index in [4.69, 9.17) is 0 Å². The molecule has 2 aromatic rings. The number of rotatable bonds is 5. The van der Waals surface area contributed by atoms with E-state index in [2.05, 4.69) is 31.1 Å². The summed E-state index contributed by atoms with van der Waals surface area (Å²) in [6.45, 7) is 6.27. The van der Waals surface area contributed by atoms with Crippen LogP contribution in [0.2, 0.25) is 0 Å². The van der Waals surface area contributed by atoms with Crippen LogP contribution in [-0.2, 0) is 13.5 Å². The third kappa shape index (κ3) is 3.10. The molecular weight excluding hydrogens is 270 g/mol. The lowest BCUT2D eigenvalue weighted by atomic mass is 10.0. The minimum atomic E-state index is -0.0744. The van der Waals surface area contributed by atoms with Crippen molar-refractivity contribution in [1.82, 2.24) is 14.9 Å². The highest BCUT2D eigenvalue weighted by molar-refractivity contribution is 7.14. The fourth-order valence-electron chi connectivity index (χ4n) is 2.11. The van der Waals surface area contributed by atoms with Crippen LogP contribution in [0, 0.1) is 5.92 Å². The standard InChI is InChI=1S/C15H21N3OS/c1-5-11-6-7-12(20-11)15(19)17-13(10(2)3)14-16-8-9-18(14)4/h6-10,13H,5H2,1-4H3,(H,17,19)/t13-/m0/s1. The molecule has 2 heterocycles. The van der Waals surface area contributed by atoms with Crippen molar-refractivity contribution in [3.8, 4) is 0 Å². The predicted molar refractivity (Wildman–Crippen MR) is 82.0 cm³/mol. The summed E-state index contributed by atoms with van der Waals surface area (Å²) in [5.41, 5.74) is 0. The minimum absolute atomic E-state index is 0.0172. The average Bonchev–Trinajstić information content (AvgIpc) is 3.04. The Morgan fingerprint density at radius 3 is 2.70 bits per heavy atom. The number of imidazole rings is 1. The van der Waals surface area contributed by atoms with Crippen LogP contribution in [0.4, 0.5) is 0 Å². The van der Waals surface area contributed by atoms with Crippen LogP contribution < -0.4 is 5.32 Å². The van der Waals surface area contributed by atoms with Gasteiger partial charge in [-0.3, -0.25) is 4.79 Å². The molecule has 0 aliphatic heterocycles. The van der Waals surface area contributed by atoms with E-state index in [1.807, 2.05) is 29.9 Å². The van der Waals surface area contributed by atoms with Crippen molar-refractivity contribution < 1.29 is 4.79 Å². The molecule has 1 atom stereocenters. The van der Waals surface area contributed by atoms with Gasteiger partial charge >= 0.3 is 0 Å². The molecule has 5 heteroatoms. The number of carbonyl (C=O) groups is 1. The maximum Gasteiger partial charge on any atom is 0.261 e. The van der Waals surface area contributed by atoms with E-state index in [0.717, 1.165) is 17.1 Å². The minimum Gasteiger partial charge on any atom is -0.341 e. The van der Waals surface area contributed by atoms with Crippen molar-refractivity contribution in [2.45, 2.75) is 33.2 Å². The van der Waals surface area contributed by atoms with Gasteiger partial charge in [0.25, 0.3) is 5.91 Å². The van der Waals surface area contributed by atoms with Gasteiger partial charge in [-0.1, -0.05) is 20.8 Å². The summed E-state index contributed by atoms with van der Waals surface area (Å²) in [5.74, 6) is 1.16. The molecule has 1 amide bonds. The highest BCUT2D eigenvalue weighted by atomic mass is 32.1. The Morgan fingerprint density at radius 2 is 2.20 bits per heavy atom. The highest BCUT2D eigenvalue weighted by Gasteiger charge is 2.23. The van der Waals surface area contributed by atoms with E-state index in [1.54, 1.807) is 17.5 Å². The molecule has 0 radical (unpaired) electrons. The summed E-state index contributed by atoms with van der Waals surface area (Å²) in [4.78, 5) is 18.7. The second-order valence-electron chi connectivity index (χ2n) is 5.21. The fraction of sp³-hybridized carbons (Fsp3) is 0.467. The molecule has 0 fully saturated rings. The normalized spacial score (nSPS) is 12.7. The summed E-state index contributed by atoms with van der Waals surface area (Å²) in [7, 11) is 1.95. The Kier molecular flexibility index (Phi) is 4.60. The molecule has 0 aliphatic carbocycles. The van der Waals surface area contributed by atoms with Crippen LogP contribution >= 0.6 is 11.3 Å². The zero-order chi connectivity index (χ0) is 14.7. The van der Waals surface area contributed by atoms with E-state index in [0.29, 0.717) is 0 Å². The third-order valence-corrected chi connectivity index (χ3v) is 4.55. The first kappa shape index (κ1) is 14.8. The van der Waals surface area contributed by atoms with Crippen LogP contribution in [0.1, 0.15) is 47.2 Å². The van der Waals surface area contributed by atoms with Crippen LogP contribution in [0.3, 0.4) is 0 Å². The molecule has 0 aliphatic rings. The Labute approximate surface area is 123 Å². The number of nitrogens with zero attached hydrogens (tertiary/aromatic N) is 2. The second kappa shape index (κ2) is 6.22. The number of hydrogen-bond donors (Lipinski definition) is 1. The molecule has 20 heavy (non-hydrogen) atoms. The van der Waals surface area contributed by atoms with Gasteiger partial charge in [-0.15, -0.1) is 11.3 Å². The maximum absolute atomic E-state index is 12.4. The summed E-state index contributed by atoms with van der Waals surface area (Å²) >= 11 is 1.56. The van der Waals surface area contributed by atoms with Gasteiger partial charge in [-0.05, 0) is 24.5 Å². The first-order chi connectivity index (χ1) is 9.52. The van der Waals surface area contributed by atoms with Crippen molar-refractivity contribution in [3.63, 3.8) is 0 Å². The van der Waals surface area contributed by atoms with Gasteiger partial charge in [0.05, 0.1) is 10.9 Å². The summed E-state index contributed by atoms with van der Waals surface area (Å²) < 4.78 is 1.96. The summed E-state index contributed by atoms with van der Waals surface area (Å²) in [6, 6.07) is 3.84. The number of amides is 1. The van der Waals surface area contributed by atoms with Crippen molar-refractivity contribution in [1.29, 1.82) is 0 Å². The van der Waals surface area contributed by atoms with Crippen LogP contribution in [0.5, 0.6) is 0 Å². The van der Waals surface area contributed by atoms with Crippen molar-refractivity contribution >= 4 is 17.2 Å². The quantitative estimate of drug-likeness (QED) is 0.919. The largest absolute Gasteiger partial charge is 0.341 e. The molecule has 0 saturated heterocycles. The van der Waals surface area contributed by atoms with Gasteiger partial charge in [-0.2, -0.15) is 0 Å². The molecule has 108 valence electrons. The average molecular weight is 291 g/mol. The molecule has 2 rings (SSSR count). The van der Waals surface area contributed by atoms with Crippen LogP contribution in [-0.4, -0.2) is 15.5 Å². The summed E-state index contributed by atoms with van der Waals surface area (Å²) in [5, 5.41) is 3.10. The molecule has 0 aromatic carbocycles. The fourth-order valence-corrected chi connectivity index (χ4v) is 2.96. The van der Waals surface area contributed by atoms with Gasteiger partial charge in [-0.25, -0.2) is 4.98 Å². The first-order valence-corrected chi connectivity index (χ1v) is 7.71. The smallest absolute Gasteiger partial charge is 0.261 e. The molecule has 1 N–H and O–H groups in total. The maximum atomic E-state index is 12.4. The molecule has 0 saturated carbocycles. The van der Waals surface area contributed by atoms with Gasteiger partial charge in [0.15, 0.2) is 0 Å². The van der Waals surface area contributed by atoms with E-state index < -0.39 is 0 Å². The van der Waals surface area contributed by atoms with Gasteiger partial charge in [0.1, 0.15) is 5.82 Å². The van der Waals surface area contributed by atoms with Gasteiger partial charge in [0, 0.05) is 24.3 Å². The topological polar surface area (TPSA) is 46.9 Å². The van der Waals surface area contributed by atoms with E-state index in [-0.39, 0.29) is 17.9 Å². The van der Waals surface area contributed by atoms with Crippen LogP contribution in [0.15, 0.2) is 24.5 Å². The van der Waals surface area contributed by atoms with Gasteiger partial charge in [0.2, 0.25) is 0 Å². The Balaban J connectivity index is 2.16. The SMILES string of the molecule is CCc1ccc(C(=O)N[C@H](c2nccn2C)C(C)C)s1. The molecular formula is C15H21N3OS. The number of carbonyl (C=O) groups excluding carboxylic acids is 1. The molecule has 2 aromatic heterocycles. The predicted octanol–water partition coefficient (Wildman–Crippen LogP) is 3.17. The number of aryl methyl sites for hydroxylation is 2. The lowest BCUT2D eigenvalue weighted by Crippen LogP contribution is -2.33. The van der Waals surface area contributed by atoms with Crippen LogP contribution in [0.25, 0.3) is 0 Å². The molecule has 0 bridgehead atoms. The summed E-state index contributed by atoms with van der Waals surface area (Å²) in [6.07, 6.45) is 4.62. The number of aromatic nitrogens is 2. The number of thiophene rings is 1. The Bertz CT molecular complexity index is 585. The number of hydrogen-bond acceptors (Lipinski definition) is 3. The van der Waals surface area contributed by atoms with Gasteiger partial charge < -0.3 is 9.88 Å². The van der Waals surface area contributed by atoms with E-state index in [1.165, 1.54) is 4.88 Å². The molecule has 0 unspecified atom stereocenters. The monoisotopic (exact) mass is 291 g/mol. The second-order valence-corrected chi connectivity index (χ2v) is 6.38. The Hall–Kier alpha value is -1.62. The number of nitrogens with one attached hydrogen (secondary N) is 1. The van der Waals surface area contributed by atoms with Crippen molar-refractivity contribution in [3.05, 3.63) is 40.1 Å².